The van der Waals surface area contributed by atoms with Gasteiger partial charge in [-0.3, -0.25) is 0 Å². The molecule has 4 unspecified atom stereocenters. The Labute approximate surface area is 86.0 Å². The molecule has 0 aromatic heterocycles. The van der Waals surface area contributed by atoms with Crippen LogP contribution in [0.2, 0.25) is 0 Å². The lowest BCUT2D eigenvalue weighted by molar-refractivity contribution is -0.834. The predicted molar refractivity (Wildman–Crippen MR) is 55.7 cm³/mol. The molecule has 14 heavy (non-hydrogen) atoms. The molecule has 4 atom stereocenters. The molecule has 0 amide bonds. The van der Waals surface area contributed by atoms with Crippen LogP contribution >= 0.6 is 0 Å². The van der Waals surface area contributed by atoms with Gasteiger partial charge in [-0.2, -0.15) is 0 Å². The van der Waals surface area contributed by atoms with Gasteiger partial charge >= 0.3 is 0 Å². The first kappa shape index (κ1) is 11.9. The summed E-state index contributed by atoms with van der Waals surface area (Å²) in [6.45, 7) is 1.43. The average Bonchev–Trinajstić information content (AvgIpc) is 2.01. The summed E-state index contributed by atoms with van der Waals surface area (Å²) in [4.78, 5) is 0. The van der Waals surface area contributed by atoms with E-state index in [9.17, 15) is 10.4 Å². The van der Waals surface area contributed by atoms with E-state index in [1.165, 1.54) is 19.3 Å². The molecule has 0 aliphatic heterocycles. The number of hydroxylamine groups is 4. The van der Waals surface area contributed by atoms with E-state index in [1.807, 2.05) is 0 Å². The summed E-state index contributed by atoms with van der Waals surface area (Å²) in [6.07, 6.45) is 4.62. The lowest BCUT2D eigenvalue weighted by atomic mass is 9.81. The fourth-order valence-corrected chi connectivity index (χ4v) is 2.59. The number of nitrogens with one attached hydrogen (secondary N) is 2. The summed E-state index contributed by atoms with van der Waals surface area (Å²) >= 11 is 0. The quantitative estimate of drug-likeness (QED) is 0.564. The van der Waals surface area contributed by atoms with Gasteiger partial charge < -0.3 is 20.5 Å². The van der Waals surface area contributed by atoms with E-state index in [0.717, 1.165) is 6.42 Å². The minimum absolute atomic E-state index is 0.290. The van der Waals surface area contributed by atoms with E-state index in [2.05, 4.69) is 0 Å². The smallest absolute Gasteiger partial charge is 0.0794 e. The Hall–Kier alpha value is -0.160. The fraction of sp³-hybridized carbons (Fsp3) is 1.00. The topological polar surface area (TPSA) is 55.0 Å². The van der Waals surface area contributed by atoms with E-state index in [-0.39, 0.29) is 0 Å². The zero-order valence-electron chi connectivity index (χ0n) is 9.21. The molecule has 0 spiro atoms. The van der Waals surface area contributed by atoms with Gasteiger partial charge in [0.15, 0.2) is 0 Å². The van der Waals surface area contributed by atoms with Crippen molar-refractivity contribution in [1.82, 2.24) is 0 Å². The Morgan fingerprint density at radius 1 is 1.00 bits per heavy atom. The first-order chi connectivity index (χ1) is 6.58. The van der Waals surface area contributed by atoms with Crippen LogP contribution in [0, 0.1) is 22.3 Å². The second-order valence-corrected chi connectivity index (χ2v) is 4.71. The molecular formula is C10H22N2O2. The highest BCUT2D eigenvalue weighted by molar-refractivity contribution is 4.72. The van der Waals surface area contributed by atoms with Gasteiger partial charge in [-0.25, -0.2) is 0 Å². The number of quaternary nitrogens is 2. The van der Waals surface area contributed by atoms with Crippen molar-refractivity contribution in [3.05, 3.63) is 10.4 Å². The minimum Gasteiger partial charge on any atom is -0.634 e. The highest BCUT2D eigenvalue weighted by atomic mass is 16.5. The van der Waals surface area contributed by atoms with Crippen molar-refractivity contribution in [2.45, 2.75) is 25.7 Å². The van der Waals surface area contributed by atoms with E-state index < -0.39 is 0 Å². The first-order valence-electron chi connectivity index (χ1n) is 5.56. The van der Waals surface area contributed by atoms with E-state index >= 15 is 0 Å². The zero-order chi connectivity index (χ0) is 10.6. The summed E-state index contributed by atoms with van der Waals surface area (Å²) in [6, 6.07) is 0. The van der Waals surface area contributed by atoms with Crippen molar-refractivity contribution < 1.29 is 10.1 Å². The molecule has 0 radical (unpaired) electrons. The summed E-state index contributed by atoms with van der Waals surface area (Å²) in [5, 5.41) is 22.5. The van der Waals surface area contributed by atoms with Gasteiger partial charge in [0.05, 0.1) is 27.2 Å². The molecule has 1 aliphatic carbocycles. The third-order valence-electron chi connectivity index (χ3n) is 3.04. The van der Waals surface area contributed by atoms with Crippen molar-refractivity contribution in [3.63, 3.8) is 0 Å². The highest BCUT2D eigenvalue weighted by Crippen LogP contribution is 2.27. The molecule has 2 N–H and O–H groups in total. The number of hydrogen-bond donors (Lipinski definition) is 2. The van der Waals surface area contributed by atoms with Crippen LogP contribution in [-0.2, 0) is 0 Å². The van der Waals surface area contributed by atoms with E-state index in [4.69, 9.17) is 0 Å². The predicted octanol–water partition coefficient (Wildman–Crippen LogP) is -1.18. The van der Waals surface area contributed by atoms with Crippen molar-refractivity contribution in [1.29, 1.82) is 0 Å². The van der Waals surface area contributed by atoms with Crippen LogP contribution in [0.5, 0.6) is 0 Å². The maximum Gasteiger partial charge on any atom is 0.0794 e. The van der Waals surface area contributed by atoms with Crippen LogP contribution in [0.3, 0.4) is 0 Å². The highest BCUT2D eigenvalue weighted by Gasteiger charge is 2.24. The molecule has 1 rings (SSSR count). The molecule has 0 bridgehead atoms. The van der Waals surface area contributed by atoms with Gasteiger partial charge in [-0.15, -0.1) is 0 Å². The summed E-state index contributed by atoms with van der Waals surface area (Å²) in [7, 11) is 3.32. The Morgan fingerprint density at radius 3 is 1.79 bits per heavy atom. The third-order valence-corrected chi connectivity index (χ3v) is 3.04. The lowest BCUT2D eigenvalue weighted by Crippen LogP contribution is -3.05. The lowest BCUT2D eigenvalue weighted by Gasteiger charge is -2.32. The summed E-state index contributed by atoms with van der Waals surface area (Å²) < 4.78 is 0. The normalized spacial score (nSPS) is 32.6. The molecule has 1 aliphatic rings. The van der Waals surface area contributed by atoms with Gasteiger partial charge in [0, 0.05) is 11.8 Å². The molecule has 1 saturated carbocycles. The second-order valence-electron chi connectivity index (χ2n) is 4.71. The van der Waals surface area contributed by atoms with Gasteiger partial charge in [-0.1, -0.05) is 6.42 Å². The maximum atomic E-state index is 11.0. The monoisotopic (exact) mass is 202 g/mol. The van der Waals surface area contributed by atoms with Crippen molar-refractivity contribution in [3.8, 4) is 0 Å². The molecule has 4 heteroatoms. The van der Waals surface area contributed by atoms with Gasteiger partial charge in [0.1, 0.15) is 0 Å². The van der Waals surface area contributed by atoms with Crippen LogP contribution in [-0.4, -0.2) is 27.2 Å². The molecule has 84 valence electrons. The molecule has 4 nitrogen and oxygen atoms in total. The Morgan fingerprint density at radius 2 is 1.43 bits per heavy atom. The maximum absolute atomic E-state index is 11.0. The van der Waals surface area contributed by atoms with Crippen molar-refractivity contribution >= 4 is 0 Å². The summed E-state index contributed by atoms with van der Waals surface area (Å²) in [5.41, 5.74) is 0. The second kappa shape index (κ2) is 5.66. The standard InChI is InChI=1S/C10H22N2O2/c1-11(13)7-9-4-3-5-10(6-9)8-12(2)14/h9-12H,3-8H2,1-2H3. The molecule has 0 aromatic carbocycles. The Bertz CT molecular complexity index is 146. The fourth-order valence-electron chi connectivity index (χ4n) is 2.59. The average molecular weight is 202 g/mol. The van der Waals surface area contributed by atoms with E-state index in [0.29, 0.717) is 35.1 Å². The number of hydrogen-bond acceptors (Lipinski definition) is 2. The SMILES string of the molecule is C[NH+]([O-])CC1CCCC(C[NH+](C)[O-])C1. The Kier molecular flexibility index (Phi) is 4.81. The van der Waals surface area contributed by atoms with Gasteiger partial charge in [-0.05, 0) is 19.3 Å². The summed E-state index contributed by atoms with van der Waals surface area (Å²) in [5.74, 6) is 1.09. The van der Waals surface area contributed by atoms with Crippen molar-refractivity contribution in [2.24, 2.45) is 11.8 Å². The minimum atomic E-state index is 0.290. The molecule has 0 aromatic rings. The van der Waals surface area contributed by atoms with E-state index in [1.54, 1.807) is 14.1 Å². The molecular weight excluding hydrogens is 180 g/mol. The van der Waals surface area contributed by atoms with Gasteiger partial charge in [0.2, 0.25) is 0 Å². The zero-order valence-corrected chi connectivity index (χ0v) is 9.21. The first-order valence-corrected chi connectivity index (χ1v) is 5.56. The van der Waals surface area contributed by atoms with Crippen LogP contribution in [0.25, 0.3) is 0 Å². The van der Waals surface area contributed by atoms with Crippen LogP contribution in [0.4, 0.5) is 0 Å². The van der Waals surface area contributed by atoms with Crippen LogP contribution < -0.4 is 10.1 Å². The largest absolute Gasteiger partial charge is 0.634 e. The molecule has 0 saturated heterocycles. The van der Waals surface area contributed by atoms with Gasteiger partial charge in [0.25, 0.3) is 0 Å². The van der Waals surface area contributed by atoms with Crippen LogP contribution in [0.1, 0.15) is 25.7 Å². The third kappa shape index (κ3) is 4.37. The van der Waals surface area contributed by atoms with Crippen LogP contribution in [0.15, 0.2) is 0 Å². The Balaban J connectivity index is 2.28. The number of rotatable bonds is 4. The molecule has 0 heterocycles. The molecule has 1 fully saturated rings. The van der Waals surface area contributed by atoms with Crippen molar-refractivity contribution in [2.75, 3.05) is 27.2 Å².